The van der Waals surface area contributed by atoms with Gasteiger partial charge < -0.3 is 14.5 Å². The van der Waals surface area contributed by atoms with Crippen LogP contribution in [0.3, 0.4) is 0 Å². The summed E-state index contributed by atoms with van der Waals surface area (Å²) in [6.45, 7) is 5.75. The van der Waals surface area contributed by atoms with Gasteiger partial charge in [0.2, 0.25) is 0 Å². The molecular weight excluding hydrogens is 366 g/mol. The van der Waals surface area contributed by atoms with Crippen LogP contribution >= 0.6 is 0 Å². The SMILES string of the molecule is COC(=O)C1=C(C)NC2=C(C(=O)C[C@@H](c3ccc(C)cc3)C2)[C@@H]1c1ccc(C)o1. The van der Waals surface area contributed by atoms with Crippen LogP contribution in [0.5, 0.6) is 0 Å². The zero-order valence-electron chi connectivity index (χ0n) is 17.2. The minimum absolute atomic E-state index is 0.0391. The summed E-state index contributed by atoms with van der Waals surface area (Å²) in [4.78, 5) is 25.9. The molecule has 0 amide bonds. The van der Waals surface area contributed by atoms with Gasteiger partial charge in [0.1, 0.15) is 11.5 Å². The predicted octanol–water partition coefficient (Wildman–Crippen LogP) is 4.43. The first-order valence-corrected chi connectivity index (χ1v) is 9.84. The van der Waals surface area contributed by atoms with Crippen molar-refractivity contribution in [3.8, 4) is 0 Å². The molecule has 1 aromatic carbocycles. The van der Waals surface area contributed by atoms with Crippen LogP contribution in [0.2, 0.25) is 0 Å². The molecule has 2 aliphatic rings. The third-order valence-corrected chi connectivity index (χ3v) is 5.83. The number of allylic oxidation sites excluding steroid dienone is 3. The molecule has 0 unspecified atom stereocenters. The molecule has 5 heteroatoms. The molecule has 1 N–H and O–H groups in total. The Morgan fingerprint density at radius 1 is 1.07 bits per heavy atom. The summed E-state index contributed by atoms with van der Waals surface area (Å²) < 4.78 is 10.9. The van der Waals surface area contributed by atoms with E-state index in [1.807, 2.05) is 26.0 Å². The number of hydrogen-bond donors (Lipinski definition) is 1. The van der Waals surface area contributed by atoms with Gasteiger partial charge in [0.25, 0.3) is 0 Å². The van der Waals surface area contributed by atoms with E-state index in [4.69, 9.17) is 9.15 Å². The van der Waals surface area contributed by atoms with E-state index in [-0.39, 0.29) is 11.7 Å². The predicted molar refractivity (Wildman–Crippen MR) is 109 cm³/mol. The van der Waals surface area contributed by atoms with Crippen molar-refractivity contribution in [2.45, 2.75) is 45.4 Å². The molecule has 2 atom stereocenters. The van der Waals surface area contributed by atoms with Gasteiger partial charge >= 0.3 is 5.97 Å². The number of rotatable bonds is 3. The number of carbonyl (C=O) groups is 2. The second kappa shape index (κ2) is 7.39. The van der Waals surface area contributed by atoms with E-state index in [0.29, 0.717) is 35.4 Å². The summed E-state index contributed by atoms with van der Waals surface area (Å²) in [5.41, 5.74) is 4.98. The average molecular weight is 391 g/mol. The van der Waals surface area contributed by atoms with Crippen LogP contribution in [0.4, 0.5) is 0 Å². The van der Waals surface area contributed by atoms with E-state index < -0.39 is 11.9 Å². The lowest BCUT2D eigenvalue weighted by Gasteiger charge is -2.35. The van der Waals surface area contributed by atoms with Crippen molar-refractivity contribution in [1.29, 1.82) is 0 Å². The number of dihydropyridines is 1. The first-order chi connectivity index (χ1) is 13.9. The van der Waals surface area contributed by atoms with E-state index in [9.17, 15) is 9.59 Å². The van der Waals surface area contributed by atoms with E-state index in [1.165, 1.54) is 12.7 Å². The lowest BCUT2D eigenvalue weighted by molar-refractivity contribution is -0.136. The Morgan fingerprint density at radius 2 is 1.79 bits per heavy atom. The summed E-state index contributed by atoms with van der Waals surface area (Å²) in [5, 5.41) is 3.33. The minimum atomic E-state index is -0.543. The van der Waals surface area contributed by atoms with Crippen molar-refractivity contribution in [2.24, 2.45) is 0 Å². The van der Waals surface area contributed by atoms with Crippen LogP contribution in [0, 0.1) is 13.8 Å². The molecule has 2 heterocycles. The van der Waals surface area contributed by atoms with Gasteiger partial charge in [-0.1, -0.05) is 29.8 Å². The van der Waals surface area contributed by atoms with Gasteiger partial charge in [-0.15, -0.1) is 0 Å². The van der Waals surface area contributed by atoms with Crippen LogP contribution in [0.25, 0.3) is 0 Å². The van der Waals surface area contributed by atoms with Gasteiger partial charge in [0.05, 0.1) is 18.6 Å². The number of aryl methyl sites for hydroxylation is 2. The summed E-state index contributed by atoms with van der Waals surface area (Å²) in [6, 6.07) is 12.0. The van der Waals surface area contributed by atoms with Crippen molar-refractivity contribution in [3.63, 3.8) is 0 Å². The quantitative estimate of drug-likeness (QED) is 0.784. The number of carbonyl (C=O) groups excluding carboxylic acids is 2. The van der Waals surface area contributed by atoms with Gasteiger partial charge in [0, 0.05) is 23.4 Å². The largest absolute Gasteiger partial charge is 0.466 e. The van der Waals surface area contributed by atoms with Crippen molar-refractivity contribution in [1.82, 2.24) is 5.32 Å². The van der Waals surface area contributed by atoms with E-state index in [0.717, 1.165) is 17.0 Å². The maximum absolute atomic E-state index is 13.3. The standard InChI is InChI=1S/C24H25NO4/c1-13-5-8-16(9-6-13)17-11-18-22(19(26)12-17)23(20-10-7-14(2)29-20)21(15(3)25-18)24(27)28-4/h5-10,17,23,25H,11-12H2,1-4H3/t17-,23+/m0/s1. The number of benzene rings is 1. The topological polar surface area (TPSA) is 68.5 Å². The molecule has 29 heavy (non-hydrogen) atoms. The van der Waals surface area contributed by atoms with Crippen molar-refractivity contribution in [3.05, 3.63) is 81.6 Å². The first kappa shape index (κ1) is 19.2. The first-order valence-electron chi connectivity index (χ1n) is 9.84. The third kappa shape index (κ3) is 3.41. The molecule has 1 aliphatic carbocycles. The summed E-state index contributed by atoms with van der Waals surface area (Å²) in [7, 11) is 1.35. The number of ether oxygens (including phenoxy) is 1. The zero-order valence-corrected chi connectivity index (χ0v) is 17.2. The second-order valence-corrected chi connectivity index (χ2v) is 7.87. The summed E-state index contributed by atoms with van der Waals surface area (Å²) in [5.74, 6) is 0.493. The Kier molecular flexibility index (Phi) is 4.91. The third-order valence-electron chi connectivity index (χ3n) is 5.83. The van der Waals surface area contributed by atoms with E-state index in [1.54, 1.807) is 0 Å². The summed E-state index contributed by atoms with van der Waals surface area (Å²) >= 11 is 0. The van der Waals surface area contributed by atoms with E-state index >= 15 is 0 Å². The van der Waals surface area contributed by atoms with Crippen molar-refractivity contribution >= 4 is 11.8 Å². The zero-order chi connectivity index (χ0) is 20.7. The Labute approximate surface area is 170 Å². The molecule has 0 bridgehead atoms. The molecule has 0 radical (unpaired) electrons. The van der Waals surface area contributed by atoms with Gasteiger partial charge in [-0.25, -0.2) is 4.79 Å². The number of methoxy groups -OCH3 is 1. The molecule has 1 aliphatic heterocycles. The molecule has 0 spiro atoms. The molecule has 150 valence electrons. The fourth-order valence-electron chi connectivity index (χ4n) is 4.39. The molecule has 1 aromatic heterocycles. The maximum Gasteiger partial charge on any atom is 0.336 e. The Bertz CT molecular complexity index is 1040. The van der Waals surface area contributed by atoms with Gasteiger partial charge in [-0.05, 0) is 50.8 Å². The van der Waals surface area contributed by atoms with Crippen LogP contribution < -0.4 is 5.32 Å². The lowest BCUT2D eigenvalue weighted by atomic mass is 9.73. The number of ketones is 1. The average Bonchev–Trinajstić information content (AvgIpc) is 3.12. The number of esters is 1. The molecule has 2 aromatic rings. The van der Waals surface area contributed by atoms with Crippen LogP contribution in [-0.2, 0) is 14.3 Å². The highest BCUT2D eigenvalue weighted by atomic mass is 16.5. The minimum Gasteiger partial charge on any atom is -0.466 e. The Balaban J connectivity index is 1.78. The number of furan rings is 1. The normalized spacial score (nSPS) is 21.7. The van der Waals surface area contributed by atoms with Crippen LogP contribution in [0.15, 0.2) is 63.4 Å². The lowest BCUT2D eigenvalue weighted by Crippen LogP contribution is -2.35. The summed E-state index contributed by atoms with van der Waals surface area (Å²) in [6.07, 6.45) is 1.12. The highest BCUT2D eigenvalue weighted by Crippen LogP contribution is 2.45. The smallest absolute Gasteiger partial charge is 0.336 e. The van der Waals surface area contributed by atoms with Crippen LogP contribution in [0.1, 0.15) is 54.2 Å². The molecule has 0 saturated carbocycles. The van der Waals surface area contributed by atoms with Crippen LogP contribution in [-0.4, -0.2) is 18.9 Å². The molecular formula is C24H25NO4. The van der Waals surface area contributed by atoms with Gasteiger partial charge in [-0.3, -0.25) is 4.79 Å². The Morgan fingerprint density at radius 3 is 2.41 bits per heavy atom. The highest BCUT2D eigenvalue weighted by molar-refractivity contribution is 6.04. The fraction of sp³-hybridized carbons (Fsp3) is 0.333. The second-order valence-electron chi connectivity index (χ2n) is 7.87. The van der Waals surface area contributed by atoms with E-state index in [2.05, 4.69) is 36.5 Å². The van der Waals surface area contributed by atoms with Gasteiger partial charge in [0.15, 0.2) is 5.78 Å². The molecule has 5 nitrogen and oxygen atoms in total. The number of hydrogen-bond acceptors (Lipinski definition) is 5. The van der Waals surface area contributed by atoms with Crippen molar-refractivity contribution in [2.75, 3.05) is 7.11 Å². The molecule has 0 fully saturated rings. The number of Topliss-reactive ketones (excluding diaryl/α,β-unsaturated/α-hetero) is 1. The molecule has 4 rings (SSSR count). The molecule has 0 saturated heterocycles. The fourth-order valence-corrected chi connectivity index (χ4v) is 4.39. The Hall–Kier alpha value is -3.08. The highest BCUT2D eigenvalue weighted by Gasteiger charge is 2.42. The monoisotopic (exact) mass is 391 g/mol. The van der Waals surface area contributed by atoms with Crippen molar-refractivity contribution < 1.29 is 18.7 Å². The maximum atomic E-state index is 13.3. The van der Waals surface area contributed by atoms with Gasteiger partial charge in [-0.2, -0.15) is 0 Å². The number of nitrogens with one attached hydrogen (secondary N) is 1.